The number of thiophene rings is 1. The Kier molecular flexibility index (Phi) is 4.76. The van der Waals surface area contributed by atoms with Gasteiger partial charge in [0.25, 0.3) is 0 Å². The summed E-state index contributed by atoms with van der Waals surface area (Å²) in [4.78, 5) is 13.1. The summed E-state index contributed by atoms with van der Waals surface area (Å²) in [6.45, 7) is 2.58. The number of esters is 1. The number of nitrogens with two attached hydrogens (primary N) is 1. The zero-order valence-corrected chi connectivity index (χ0v) is 15.1. The van der Waals surface area contributed by atoms with Gasteiger partial charge in [-0.25, -0.2) is 4.79 Å². The van der Waals surface area contributed by atoms with Gasteiger partial charge >= 0.3 is 5.97 Å². The third-order valence-corrected chi connectivity index (χ3v) is 5.05. The number of anilines is 1. The number of hydrogen-bond acceptors (Lipinski definition) is 6. The maximum atomic E-state index is 11.7. The number of carbonyl (C=O) groups is 1. The zero-order chi connectivity index (χ0) is 18.0. The van der Waals surface area contributed by atoms with Gasteiger partial charge in [0.1, 0.15) is 10.6 Å². The Hall–Kier alpha value is -2.80. The monoisotopic (exact) mass is 357 g/mol. The molecule has 2 heterocycles. The molecule has 6 nitrogen and oxygen atoms in total. The lowest BCUT2D eigenvalue weighted by atomic mass is 10.2. The van der Waals surface area contributed by atoms with E-state index in [1.807, 2.05) is 41.9 Å². The van der Waals surface area contributed by atoms with Crippen molar-refractivity contribution in [2.24, 2.45) is 0 Å². The Bertz CT molecular complexity index is 897. The van der Waals surface area contributed by atoms with Gasteiger partial charge in [-0.1, -0.05) is 12.1 Å². The van der Waals surface area contributed by atoms with Crippen LogP contribution in [0.1, 0.15) is 20.9 Å². The lowest BCUT2D eigenvalue weighted by Gasteiger charge is -2.06. The van der Waals surface area contributed by atoms with Crippen molar-refractivity contribution in [3.63, 3.8) is 0 Å². The van der Waals surface area contributed by atoms with E-state index >= 15 is 0 Å². The first-order valence-electron chi connectivity index (χ1n) is 7.67. The lowest BCUT2D eigenvalue weighted by Crippen LogP contribution is -2.04. The molecule has 0 atom stereocenters. The second-order valence-electron chi connectivity index (χ2n) is 5.51. The van der Waals surface area contributed by atoms with Crippen LogP contribution in [-0.2, 0) is 11.3 Å². The molecule has 0 bridgehead atoms. The molecule has 2 aromatic heterocycles. The van der Waals surface area contributed by atoms with Crippen LogP contribution in [0.5, 0.6) is 5.75 Å². The molecule has 0 amide bonds. The fourth-order valence-electron chi connectivity index (χ4n) is 2.61. The van der Waals surface area contributed by atoms with Crippen LogP contribution in [0.4, 0.5) is 5.82 Å². The largest absolute Gasteiger partial charge is 0.497 e. The van der Waals surface area contributed by atoms with Gasteiger partial charge in [0.05, 0.1) is 26.3 Å². The van der Waals surface area contributed by atoms with Crippen molar-refractivity contribution >= 4 is 23.1 Å². The molecule has 7 heteroatoms. The molecule has 0 radical (unpaired) electrons. The minimum atomic E-state index is -0.349. The molecular weight excluding hydrogens is 338 g/mol. The van der Waals surface area contributed by atoms with E-state index in [9.17, 15) is 4.79 Å². The normalized spacial score (nSPS) is 10.7. The van der Waals surface area contributed by atoms with E-state index in [1.165, 1.54) is 18.4 Å². The third kappa shape index (κ3) is 3.36. The van der Waals surface area contributed by atoms with Crippen molar-refractivity contribution in [2.75, 3.05) is 20.0 Å². The first-order chi connectivity index (χ1) is 12.0. The predicted molar refractivity (Wildman–Crippen MR) is 98.1 cm³/mol. The maximum absolute atomic E-state index is 11.7. The van der Waals surface area contributed by atoms with Crippen molar-refractivity contribution in [1.29, 1.82) is 0 Å². The van der Waals surface area contributed by atoms with Crippen LogP contribution in [-0.4, -0.2) is 30.0 Å². The summed E-state index contributed by atoms with van der Waals surface area (Å²) in [5, 5.41) is 4.45. The van der Waals surface area contributed by atoms with E-state index in [2.05, 4.69) is 5.10 Å². The van der Waals surface area contributed by atoms with Crippen molar-refractivity contribution < 1.29 is 14.3 Å². The van der Waals surface area contributed by atoms with Crippen molar-refractivity contribution in [2.45, 2.75) is 13.5 Å². The molecule has 3 rings (SSSR count). The summed E-state index contributed by atoms with van der Waals surface area (Å²) in [5.41, 5.74) is 9.03. The van der Waals surface area contributed by atoms with Crippen molar-refractivity contribution in [3.8, 4) is 16.2 Å². The zero-order valence-electron chi connectivity index (χ0n) is 14.3. The highest BCUT2D eigenvalue weighted by Gasteiger charge is 2.18. The van der Waals surface area contributed by atoms with E-state index < -0.39 is 0 Å². The Morgan fingerprint density at radius 3 is 2.56 bits per heavy atom. The highest BCUT2D eigenvalue weighted by molar-refractivity contribution is 7.17. The minimum Gasteiger partial charge on any atom is -0.497 e. The summed E-state index contributed by atoms with van der Waals surface area (Å²) < 4.78 is 11.8. The van der Waals surface area contributed by atoms with Gasteiger partial charge in [0, 0.05) is 10.6 Å². The Balaban J connectivity index is 1.90. The van der Waals surface area contributed by atoms with E-state index in [4.69, 9.17) is 15.2 Å². The quantitative estimate of drug-likeness (QED) is 0.709. The number of carbonyl (C=O) groups excluding carboxylic acids is 1. The summed E-state index contributed by atoms with van der Waals surface area (Å²) in [6, 6.07) is 11.4. The van der Waals surface area contributed by atoms with Gasteiger partial charge in [-0.05, 0) is 36.8 Å². The standard InChI is InChI=1S/C18H19N3O3S/c1-11-16(14-8-9-15(25-14)18(22)24-3)17(19)20-21(11)10-12-4-6-13(23-2)7-5-12/h4-9H,10H2,1-3H3,(H2,19,20). The molecule has 0 spiro atoms. The molecule has 0 aliphatic carbocycles. The molecule has 130 valence electrons. The van der Waals surface area contributed by atoms with E-state index in [-0.39, 0.29) is 5.97 Å². The summed E-state index contributed by atoms with van der Waals surface area (Å²) >= 11 is 1.35. The lowest BCUT2D eigenvalue weighted by molar-refractivity contribution is 0.0606. The van der Waals surface area contributed by atoms with Crippen molar-refractivity contribution in [1.82, 2.24) is 9.78 Å². The van der Waals surface area contributed by atoms with Crippen LogP contribution in [0, 0.1) is 6.92 Å². The summed E-state index contributed by atoms with van der Waals surface area (Å²) in [6.07, 6.45) is 0. The Morgan fingerprint density at radius 2 is 1.92 bits per heavy atom. The molecule has 0 saturated heterocycles. The highest BCUT2D eigenvalue weighted by atomic mass is 32.1. The second kappa shape index (κ2) is 6.98. The molecule has 0 aliphatic rings. The average molecular weight is 357 g/mol. The molecule has 0 aliphatic heterocycles. The molecular formula is C18H19N3O3S. The van der Waals surface area contributed by atoms with Crippen LogP contribution in [0.2, 0.25) is 0 Å². The third-order valence-electron chi connectivity index (χ3n) is 3.96. The maximum Gasteiger partial charge on any atom is 0.348 e. The van der Waals surface area contributed by atoms with Crippen LogP contribution in [0.3, 0.4) is 0 Å². The minimum absolute atomic E-state index is 0.349. The van der Waals surface area contributed by atoms with Gasteiger partial charge in [-0.3, -0.25) is 4.68 Å². The number of aromatic nitrogens is 2. The van der Waals surface area contributed by atoms with E-state index in [0.717, 1.165) is 27.4 Å². The van der Waals surface area contributed by atoms with Gasteiger partial charge in [-0.15, -0.1) is 11.3 Å². The number of methoxy groups -OCH3 is 2. The molecule has 0 fully saturated rings. The average Bonchev–Trinajstić information content (AvgIpc) is 3.20. The number of rotatable bonds is 5. The van der Waals surface area contributed by atoms with Gasteiger partial charge < -0.3 is 15.2 Å². The molecule has 0 saturated carbocycles. The molecule has 0 unspecified atom stereocenters. The van der Waals surface area contributed by atoms with E-state index in [1.54, 1.807) is 13.2 Å². The summed E-state index contributed by atoms with van der Waals surface area (Å²) in [5.74, 6) is 0.914. The predicted octanol–water partition coefficient (Wildman–Crippen LogP) is 3.35. The van der Waals surface area contributed by atoms with Crippen LogP contribution in [0.15, 0.2) is 36.4 Å². The van der Waals surface area contributed by atoms with E-state index in [0.29, 0.717) is 17.2 Å². The van der Waals surface area contributed by atoms with Gasteiger partial charge in [0.15, 0.2) is 5.82 Å². The van der Waals surface area contributed by atoms with Crippen molar-refractivity contribution in [3.05, 3.63) is 52.5 Å². The fraction of sp³-hybridized carbons (Fsp3) is 0.222. The molecule has 2 N–H and O–H groups in total. The topological polar surface area (TPSA) is 79.4 Å². The molecule has 1 aromatic carbocycles. The number of benzene rings is 1. The van der Waals surface area contributed by atoms with Gasteiger partial charge in [0.2, 0.25) is 0 Å². The Morgan fingerprint density at radius 1 is 1.20 bits per heavy atom. The fourth-order valence-corrected chi connectivity index (χ4v) is 3.64. The molecule has 3 aromatic rings. The summed E-state index contributed by atoms with van der Waals surface area (Å²) in [7, 11) is 3.01. The number of ether oxygens (including phenoxy) is 2. The van der Waals surface area contributed by atoms with Crippen LogP contribution >= 0.6 is 11.3 Å². The number of hydrogen-bond donors (Lipinski definition) is 1. The van der Waals surface area contributed by atoms with Gasteiger partial charge in [-0.2, -0.15) is 5.10 Å². The SMILES string of the molecule is COC(=O)c1ccc(-c2c(N)nn(Cc3ccc(OC)cc3)c2C)s1. The second-order valence-corrected chi connectivity index (χ2v) is 6.59. The highest BCUT2D eigenvalue weighted by Crippen LogP contribution is 2.35. The molecule has 25 heavy (non-hydrogen) atoms. The van der Waals surface area contributed by atoms with Crippen LogP contribution < -0.4 is 10.5 Å². The number of nitrogen functional groups attached to an aromatic ring is 1. The first-order valence-corrected chi connectivity index (χ1v) is 8.49. The Labute approximate surface area is 149 Å². The smallest absolute Gasteiger partial charge is 0.348 e. The van der Waals surface area contributed by atoms with Crippen LogP contribution in [0.25, 0.3) is 10.4 Å². The number of nitrogens with zero attached hydrogens (tertiary/aromatic N) is 2. The first kappa shape index (κ1) is 17.0.